The van der Waals surface area contributed by atoms with Crippen LogP contribution in [0.15, 0.2) is 17.0 Å². The summed E-state index contributed by atoms with van der Waals surface area (Å²) in [5.41, 5.74) is 12.5. The molecule has 0 bridgehead atoms. The highest BCUT2D eigenvalue weighted by molar-refractivity contribution is 7.99. The first-order chi connectivity index (χ1) is 6.19. The average molecular weight is 196 g/mol. The lowest BCUT2D eigenvalue weighted by Gasteiger charge is -2.06. The van der Waals surface area contributed by atoms with E-state index < -0.39 is 0 Å². The maximum atomic E-state index is 10.6. The van der Waals surface area contributed by atoms with Crippen molar-refractivity contribution in [3.05, 3.63) is 17.7 Å². The smallest absolute Gasteiger partial charge is 0.152 e. The number of thioether (sulfide) groups is 1. The third-order valence-corrected chi connectivity index (χ3v) is 2.51. The molecule has 4 N–H and O–H groups in total. The van der Waals surface area contributed by atoms with Crippen LogP contribution in [0.5, 0.6) is 0 Å². The van der Waals surface area contributed by atoms with E-state index in [9.17, 15) is 4.79 Å². The van der Waals surface area contributed by atoms with E-state index in [2.05, 4.69) is 0 Å². The molecule has 0 aliphatic rings. The van der Waals surface area contributed by atoms with Crippen molar-refractivity contribution in [1.82, 2.24) is 0 Å². The Morgan fingerprint density at radius 3 is 2.69 bits per heavy atom. The number of carbonyl (C=O) groups is 1. The van der Waals surface area contributed by atoms with Crippen molar-refractivity contribution in [1.29, 1.82) is 0 Å². The molecule has 0 heterocycles. The molecule has 13 heavy (non-hydrogen) atoms. The van der Waals surface area contributed by atoms with E-state index in [0.29, 0.717) is 16.9 Å². The van der Waals surface area contributed by atoms with Gasteiger partial charge in [0.2, 0.25) is 0 Å². The molecule has 0 aliphatic heterocycles. The summed E-state index contributed by atoms with van der Waals surface area (Å²) in [7, 11) is 0. The minimum atomic E-state index is 0.371. The lowest BCUT2D eigenvalue weighted by molar-refractivity contribution is 0.112. The molecule has 0 amide bonds. The van der Waals surface area contributed by atoms with Crippen molar-refractivity contribution in [3.63, 3.8) is 0 Å². The molecule has 1 aromatic rings. The number of hydrogen-bond donors (Lipinski definition) is 2. The second kappa shape index (κ2) is 4.18. The van der Waals surface area contributed by atoms with Crippen LogP contribution >= 0.6 is 11.8 Å². The summed E-state index contributed by atoms with van der Waals surface area (Å²) in [6.07, 6.45) is 0.728. The number of carbonyl (C=O) groups excluding carboxylic acids is 1. The van der Waals surface area contributed by atoms with Gasteiger partial charge in [0.05, 0.1) is 11.4 Å². The van der Waals surface area contributed by atoms with Gasteiger partial charge in [0.1, 0.15) is 0 Å². The Morgan fingerprint density at radius 2 is 2.15 bits per heavy atom. The fourth-order valence-corrected chi connectivity index (χ4v) is 1.77. The van der Waals surface area contributed by atoms with Crippen LogP contribution in [0.4, 0.5) is 11.4 Å². The fourth-order valence-electron chi connectivity index (χ4n) is 1.02. The van der Waals surface area contributed by atoms with Gasteiger partial charge >= 0.3 is 0 Å². The number of nitrogen functional groups attached to an aromatic ring is 2. The summed E-state index contributed by atoms with van der Waals surface area (Å²) < 4.78 is 0. The van der Waals surface area contributed by atoms with E-state index in [1.165, 1.54) is 0 Å². The van der Waals surface area contributed by atoms with E-state index in [4.69, 9.17) is 11.5 Å². The Kier molecular flexibility index (Phi) is 3.19. The van der Waals surface area contributed by atoms with Gasteiger partial charge in [-0.25, -0.2) is 0 Å². The number of benzene rings is 1. The summed E-state index contributed by atoms with van der Waals surface area (Å²) in [5, 5.41) is 0. The highest BCUT2D eigenvalue weighted by Crippen LogP contribution is 2.27. The molecule has 0 fully saturated rings. The number of hydrogen-bond acceptors (Lipinski definition) is 4. The SMILES string of the molecule is CCSc1cc(N)c(N)c(C=O)c1. The summed E-state index contributed by atoms with van der Waals surface area (Å²) in [6.45, 7) is 2.04. The predicted molar refractivity (Wildman–Crippen MR) is 57.1 cm³/mol. The van der Waals surface area contributed by atoms with Crippen molar-refractivity contribution in [3.8, 4) is 0 Å². The molecule has 1 rings (SSSR count). The van der Waals surface area contributed by atoms with Gasteiger partial charge < -0.3 is 11.5 Å². The van der Waals surface area contributed by atoms with Gasteiger partial charge in [-0.05, 0) is 17.9 Å². The zero-order valence-electron chi connectivity index (χ0n) is 7.41. The first-order valence-electron chi connectivity index (χ1n) is 3.96. The summed E-state index contributed by atoms with van der Waals surface area (Å²) >= 11 is 1.63. The summed E-state index contributed by atoms with van der Waals surface area (Å²) in [4.78, 5) is 11.6. The van der Waals surface area contributed by atoms with Gasteiger partial charge in [-0.3, -0.25) is 4.79 Å². The van der Waals surface area contributed by atoms with Crippen molar-refractivity contribution in [2.45, 2.75) is 11.8 Å². The van der Waals surface area contributed by atoms with Crippen molar-refractivity contribution in [2.75, 3.05) is 17.2 Å². The van der Waals surface area contributed by atoms with Crippen molar-refractivity contribution >= 4 is 29.4 Å². The normalized spacial score (nSPS) is 9.92. The molecule has 0 saturated heterocycles. The van der Waals surface area contributed by atoms with Gasteiger partial charge in [-0.2, -0.15) is 0 Å². The van der Waals surface area contributed by atoms with Crippen molar-refractivity contribution < 1.29 is 4.79 Å². The van der Waals surface area contributed by atoms with Crippen LogP contribution in [0, 0.1) is 0 Å². The van der Waals surface area contributed by atoms with Crippen LogP contribution in [-0.2, 0) is 0 Å². The lowest BCUT2D eigenvalue weighted by Crippen LogP contribution is -1.99. The second-order valence-corrected chi connectivity index (χ2v) is 3.90. The molecule has 0 unspecified atom stereocenters. The Balaban J connectivity index is 3.14. The summed E-state index contributed by atoms with van der Waals surface area (Å²) in [5.74, 6) is 0.946. The minimum Gasteiger partial charge on any atom is -0.397 e. The van der Waals surface area contributed by atoms with Crippen LogP contribution < -0.4 is 11.5 Å². The number of rotatable bonds is 3. The molecule has 0 aliphatic carbocycles. The predicted octanol–water partition coefficient (Wildman–Crippen LogP) is 1.78. The number of aldehydes is 1. The molecule has 0 atom stereocenters. The van der Waals surface area contributed by atoms with E-state index in [1.807, 2.05) is 6.92 Å². The number of anilines is 2. The first-order valence-corrected chi connectivity index (χ1v) is 4.94. The monoisotopic (exact) mass is 196 g/mol. The van der Waals surface area contributed by atoms with Crippen LogP contribution in [0.2, 0.25) is 0 Å². The van der Waals surface area contributed by atoms with Gasteiger partial charge in [-0.15, -0.1) is 11.8 Å². The molecular weight excluding hydrogens is 184 g/mol. The molecule has 0 saturated carbocycles. The quantitative estimate of drug-likeness (QED) is 0.439. The van der Waals surface area contributed by atoms with Crippen molar-refractivity contribution in [2.24, 2.45) is 0 Å². The highest BCUT2D eigenvalue weighted by atomic mass is 32.2. The second-order valence-electron chi connectivity index (χ2n) is 2.57. The topological polar surface area (TPSA) is 69.1 Å². The van der Waals surface area contributed by atoms with E-state index in [-0.39, 0.29) is 0 Å². The molecule has 0 radical (unpaired) electrons. The third kappa shape index (κ3) is 2.15. The van der Waals surface area contributed by atoms with E-state index >= 15 is 0 Å². The zero-order chi connectivity index (χ0) is 9.84. The largest absolute Gasteiger partial charge is 0.397 e. The first kappa shape index (κ1) is 9.92. The standard InChI is InChI=1S/C9H12N2OS/c1-2-13-7-3-6(5-12)9(11)8(10)4-7/h3-5H,2,10-11H2,1H3. The maximum Gasteiger partial charge on any atom is 0.152 e. The number of nitrogens with two attached hydrogens (primary N) is 2. The van der Waals surface area contributed by atoms with Gasteiger partial charge in [0.25, 0.3) is 0 Å². The van der Waals surface area contributed by atoms with Crippen LogP contribution in [0.1, 0.15) is 17.3 Å². The molecule has 70 valence electrons. The fraction of sp³-hybridized carbons (Fsp3) is 0.222. The lowest BCUT2D eigenvalue weighted by atomic mass is 10.2. The maximum absolute atomic E-state index is 10.6. The molecule has 1 aromatic carbocycles. The zero-order valence-corrected chi connectivity index (χ0v) is 8.23. The third-order valence-electron chi connectivity index (χ3n) is 1.66. The van der Waals surface area contributed by atoms with Gasteiger partial charge in [0.15, 0.2) is 6.29 Å². The van der Waals surface area contributed by atoms with Gasteiger partial charge in [-0.1, -0.05) is 6.92 Å². The molecular formula is C9H12N2OS. The van der Waals surface area contributed by atoms with E-state index in [1.54, 1.807) is 23.9 Å². The Labute approximate surface area is 81.5 Å². The molecule has 3 nitrogen and oxygen atoms in total. The summed E-state index contributed by atoms with van der Waals surface area (Å²) in [6, 6.07) is 3.54. The van der Waals surface area contributed by atoms with Crippen LogP contribution in [0.3, 0.4) is 0 Å². The molecule has 0 aromatic heterocycles. The van der Waals surface area contributed by atoms with Crippen LogP contribution in [-0.4, -0.2) is 12.0 Å². The Bertz CT molecular complexity index is 326. The highest BCUT2D eigenvalue weighted by Gasteiger charge is 2.04. The Morgan fingerprint density at radius 1 is 1.46 bits per heavy atom. The average Bonchev–Trinajstić information content (AvgIpc) is 2.11. The van der Waals surface area contributed by atoms with Gasteiger partial charge in [0, 0.05) is 10.5 Å². The minimum absolute atomic E-state index is 0.371. The molecule has 4 heteroatoms. The van der Waals surface area contributed by atoms with Crippen LogP contribution in [0.25, 0.3) is 0 Å². The van der Waals surface area contributed by atoms with E-state index in [0.717, 1.165) is 16.9 Å². The Hall–Kier alpha value is -1.16. The molecule has 0 spiro atoms.